The molecule has 0 unspecified atom stereocenters. The van der Waals surface area contributed by atoms with Crippen molar-refractivity contribution in [2.45, 2.75) is 52.2 Å². The minimum Gasteiger partial charge on any atom is -0.508 e. The lowest BCUT2D eigenvalue weighted by Gasteiger charge is -2.40. The third-order valence-corrected chi connectivity index (χ3v) is 5.35. The third-order valence-electron chi connectivity index (χ3n) is 4.85. The molecule has 1 aliphatic heterocycles. The average molecular weight is 445 g/mol. The largest absolute Gasteiger partial charge is 0.508 e. The smallest absolute Gasteiger partial charge is 0.198 e. The van der Waals surface area contributed by atoms with E-state index in [1.807, 2.05) is 49.4 Å². The number of ether oxygens (including phenoxy) is 2. The van der Waals surface area contributed by atoms with Gasteiger partial charge >= 0.3 is 0 Å². The quantitative estimate of drug-likeness (QED) is 0.606. The number of rotatable bonds is 4. The zero-order chi connectivity index (χ0) is 20.7. The summed E-state index contributed by atoms with van der Waals surface area (Å²) < 4.78 is 12.8. The minimum atomic E-state index is -1.03. The van der Waals surface area contributed by atoms with Gasteiger partial charge in [0.25, 0.3) is 0 Å². The number of aliphatic hydroxyl groups excluding tert-OH is 1. The van der Waals surface area contributed by atoms with Crippen LogP contribution in [0.2, 0.25) is 0 Å². The summed E-state index contributed by atoms with van der Waals surface area (Å²) in [7, 11) is 0. The summed E-state index contributed by atoms with van der Waals surface area (Å²) in [6.07, 6.45) is 0.721. The summed E-state index contributed by atoms with van der Waals surface area (Å²) in [6.45, 7) is 9.02. The molecule has 5 heteroatoms. The molecule has 0 saturated heterocycles. The molecule has 0 saturated carbocycles. The van der Waals surface area contributed by atoms with Crippen molar-refractivity contribution in [1.29, 1.82) is 0 Å². The van der Waals surface area contributed by atoms with Crippen LogP contribution in [0.15, 0.2) is 52.7 Å². The van der Waals surface area contributed by atoms with Crippen LogP contribution in [0.4, 0.5) is 0 Å². The molecule has 3 rings (SSSR count). The van der Waals surface area contributed by atoms with E-state index < -0.39 is 11.2 Å². The van der Waals surface area contributed by atoms with Crippen molar-refractivity contribution in [2.75, 3.05) is 0 Å². The van der Waals surface area contributed by atoms with E-state index in [1.165, 1.54) is 0 Å². The monoisotopic (exact) mass is 444 g/mol. The third kappa shape index (κ3) is 3.87. The highest BCUT2D eigenvalue weighted by atomic mass is 79.9. The topological polar surface area (TPSA) is 55.8 Å². The van der Waals surface area contributed by atoms with Crippen molar-refractivity contribution < 1.29 is 19.4 Å². The molecule has 1 heterocycles. The Labute approximate surface area is 174 Å². The molecule has 1 N–H and O–H groups in total. The van der Waals surface area contributed by atoms with Crippen molar-refractivity contribution in [3.63, 3.8) is 0 Å². The fourth-order valence-corrected chi connectivity index (χ4v) is 3.90. The Balaban J connectivity index is 2.13. The summed E-state index contributed by atoms with van der Waals surface area (Å²) in [5.41, 5.74) is -0.0411. The SMILES string of the molecule is CCc1ccc(Oc2cccc(Br)c2)cc1C1=C(O)C(C)(C)OC(C)(C)C1=O. The first-order valence-electron chi connectivity index (χ1n) is 9.30. The Kier molecular flexibility index (Phi) is 5.43. The van der Waals surface area contributed by atoms with Gasteiger partial charge in [-0.1, -0.05) is 35.0 Å². The normalized spacial score (nSPS) is 18.3. The van der Waals surface area contributed by atoms with Gasteiger partial charge in [-0.2, -0.15) is 0 Å². The number of aliphatic hydroxyl groups is 1. The van der Waals surface area contributed by atoms with E-state index in [1.54, 1.807) is 27.7 Å². The highest BCUT2D eigenvalue weighted by Gasteiger charge is 2.47. The van der Waals surface area contributed by atoms with Crippen molar-refractivity contribution >= 4 is 27.3 Å². The summed E-state index contributed by atoms with van der Waals surface area (Å²) in [5, 5.41) is 10.9. The maximum Gasteiger partial charge on any atom is 0.198 e. The molecule has 0 spiro atoms. The standard InChI is InChI=1S/C23H25BrO4/c1-6-14-10-11-17(27-16-9-7-8-15(24)12-16)13-18(14)19-20(25)22(2,3)28-23(4,5)21(19)26/h7-13,25H,6H2,1-5H3. The predicted octanol–water partition coefficient (Wildman–Crippen LogP) is 6.23. The predicted molar refractivity (Wildman–Crippen MR) is 114 cm³/mol. The van der Waals surface area contributed by atoms with Gasteiger partial charge in [-0.15, -0.1) is 0 Å². The van der Waals surface area contributed by atoms with Crippen LogP contribution in [0.3, 0.4) is 0 Å². The minimum absolute atomic E-state index is 0.0499. The first-order chi connectivity index (χ1) is 13.0. The molecule has 0 aliphatic carbocycles. The molecular weight excluding hydrogens is 420 g/mol. The number of benzene rings is 2. The van der Waals surface area contributed by atoms with E-state index in [-0.39, 0.29) is 11.5 Å². The van der Waals surface area contributed by atoms with Crippen molar-refractivity contribution in [1.82, 2.24) is 0 Å². The van der Waals surface area contributed by atoms with E-state index >= 15 is 0 Å². The van der Waals surface area contributed by atoms with Crippen molar-refractivity contribution in [3.8, 4) is 11.5 Å². The second kappa shape index (κ2) is 7.37. The number of aryl methyl sites for hydroxylation is 1. The number of halogens is 1. The van der Waals surface area contributed by atoms with Gasteiger partial charge in [0, 0.05) is 4.47 Å². The number of carbonyl (C=O) groups is 1. The molecule has 0 radical (unpaired) electrons. The molecule has 28 heavy (non-hydrogen) atoms. The van der Waals surface area contributed by atoms with E-state index in [2.05, 4.69) is 15.9 Å². The maximum absolute atomic E-state index is 13.1. The number of ketones is 1. The lowest BCUT2D eigenvalue weighted by molar-refractivity contribution is -0.158. The second-order valence-corrected chi connectivity index (χ2v) is 8.82. The number of hydrogen-bond donors (Lipinski definition) is 1. The highest BCUT2D eigenvalue weighted by Crippen LogP contribution is 2.42. The Morgan fingerprint density at radius 2 is 1.71 bits per heavy atom. The van der Waals surface area contributed by atoms with Crippen LogP contribution in [0.25, 0.3) is 5.57 Å². The molecule has 0 amide bonds. The molecule has 2 aromatic rings. The van der Waals surface area contributed by atoms with Gasteiger partial charge in [0.1, 0.15) is 28.5 Å². The Bertz CT molecular complexity index is 957. The van der Waals surface area contributed by atoms with Crippen LogP contribution < -0.4 is 4.74 Å². The molecule has 2 aromatic carbocycles. The second-order valence-electron chi connectivity index (χ2n) is 7.91. The molecule has 4 nitrogen and oxygen atoms in total. The number of hydrogen-bond acceptors (Lipinski definition) is 4. The highest BCUT2D eigenvalue weighted by molar-refractivity contribution is 9.10. The van der Waals surface area contributed by atoms with E-state index in [0.29, 0.717) is 22.6 Å². The molecule has 0 aromatic heterocycles. The van der Waals surface area contributed by atoms with Gasteiger partial charge in [0.05, 0.1) is 5.57 Å². The molecular formula is C23H25BrO4. The molecule has 0 fully saturated rings. The van der Waals surface area contributed by atoms with Crippen LogP contribution in [0.1, 0.15) is 45.7 Å². The fourth-order valence-electron chi connectivity index (χ4n) is 3.52. The Hall–Kier alpha value is -2.11. The van der Waals surface area contributed by atoms with E-state index in [0.717, 1.165) is 16.5 Å². The van der Waals surface area contributed by atoms with Gasteiger partial charge in [-0.3, -0.25) is 4.79 Å². The lowest BCUT2D eigenvalue weighted by Crippen LogP contribution is -2.49. The summed E-state index contributed by atoms with van der Waals surface area (Å²) >= 11 is 3.44. The summed E-state index contributed by atoms with van der Waals surface area (Å²) in [6, 6.07) is 13.2. The van der Waals surface area contributed by atoms with Crippen molar-refractivity contribution in [2.24, 2.45) is 0 Å². The van der Waals surface area contributed by atoms with Crippen LogP contribution in [0, 0.1) is 0 Å². The van der Waals surface area contributed by atoms with Gasteiger partial charge in [0.2, 0.25) is 0 Å². The van der Waals surface area contributed by atoms with E-state index in [9.17, 15) is 9.90 Å². The van der Waals surface area contributed by atoms with Crippen LogP contribution >= 0.6 is 15.9 Å². The van der Waals surface area contributed by atoms with Gasteiger partial charge in [-0.05, 0) is 75.6 Å². The number of Topliss-reactive ketones (excluding diaryl/α,β-unsaturated/α-hetero) is 1. The molecule has 0 bridgehead atoms. The number of carbonyl (C=O) groups excluding carboxylic acids is 1. The molecule has 148 valence electrons. The average Bonchev–Trinajstić information content (AvgIpc) is 2.60. The fraction of sp³-hybridized carbons (Fsp3) is 0.348. The molecule has 1 aliphatic rings. The first-order valence-corrected chi connectivity index (χ1v) is 10.1. The first kappa shape index (κ1) is 20.6. The van der Waals surface area contributed by atoms with Crippen LogP contribution in [0.5, 0.6) is 11.5 Å². The van der Waals surface area contributed by atoms with Crippen LogP contribution in [-0.4, -0.2) is 22.1 Å². The van der Waals surface area contributed by atoms with Gasteiger partial charge in [-0.25, -0.2) is 0 Å². The maximum atomic E-state index is 13.1. The lowest BCUT2D eigenvalue weighted by atomic mass is 9.81. The summed E-state index contributed by atoms with van der Waals surface area (Å²) in [4.78, 5) is 13.1. The van der Waals surface area contributed by atoms with E-state index in [4.69, 9.17) is 9.47 Å². The Morgan fingerprint density at radius 1 is 1.04 bits per heavy atom. The Morgan fingerprint density at radius 3 is 2.36 bits per heavy atom. The van der Waals surface area contributed by atoms with Crippen molar-refractivity contribution in [3.05, 3.63) is 63.8 Å². The van der Waals surface area contributed by atoms with Crippen LogP contribution in [-0.2, 0) is 16.0 Å². The zero-order valence-corrected chi connectivity index (χ0v) is 18.4. The van der Waals surface area contributed by atoms with Gasteiger partial charge < -0.3 is 14.6 Å². The van der Waals surface area contributed by atoms with Gasteiger partial charge in [0.15, 0.2) is 5.78 Å². The summed E-state index contributed by atoms with van der Waals surface area (Å²) in [5.74, 6) is 0.993. The zero-order valence-electron chi connectivity index (χ0n) is 16.8. The molecule has 0 atom stereocenters.